The molecular weight excluding hydrogens is 368 g/mol. The summed E-state index contributed by atoms with van der Waals surface area (Å²) in [4.78, 5) is 40.7. The molecule has 1 fully saturated rings. The van der Waals surface area contributed by atoms with Crippen molar-refractivity contribution in [3.8, 4) is 0 Å². The van der Waals surface area contributed by atoms with Gasteiger partial charge < -0.3 is 15.0 Å². The number of benzene rings is 1. The van der Waals surface area contributed by atoms with E-state index in [1.807, 2.05) is 0 Å². The van der Waals surface area contributed by atoms with Crippen LogP contribution >= 0.6 is 11.6 Å². The Kier molecular flexibility index (Phi) is 5.37. The van der Waals surface area contributed by atoms with Crippen LogP contribution in [0.15, 0.2) is 29.1 Å². The number of piperidine rings is 1. The van der Waals surface area contributed by atoms with Crippen LogP contribution in [0.25, 0.3) is 0 Å². The number of carboxylic acid groups (broad SMARTS) is 1. The molecule has 0 spiro atoms. The fraction of sp³-hybridized carbons (Fsp3) is 0.350. The number of nitrogens with one attached hydrogen (secondary N) is 1. The smallest absolute Gasteiger partial charge is 0.335 e. The van der Waals surface area contributed by atoms with Gasteiger partial charge >= 0.3 is 5.97 Å². The molecule has 2 aromatic rings. The number of hydrogen-bond donors (Lipinski definition) is 2. The molecule has 0 radical (unpaired) electrons. The Morgan fingerprint density at radius 2 is 1.89 bits per heavy atom. The first-order chi connectivity index (χ1) is 12.8. The Balaban J connectivity index is 1.84. The molecule has 6 nitrogen and oxygen atoms in total. The van der Waals surface area contributed by atoms with Crippen LogP contribution in [-0.2, 0) is 0 Å². The number of likely N-dealkylation sites (tertiary alicyclic amines) is 1. The van der Waals surface area contributed by atoms with E-state index >= 15 is 0 Å². The molecule has 142 valence electrons. The molecule has 1 amide bonds. The Morgan fingerprint density at radius 3 is 2.52 bits per heavy atom. The van der Waals surface area contributed by atoms with Crippen molar-refractivity contribution in [2.24, 2.45) is 0 Å². The van der Waals surface area contributed by atoms with Gasteiger partial charge in [0.2, 0.25) is 0 Å². The Bertz CT molecular complexity index is 950. The van der Waals surface area contributed by atoms with E-state index in [0.717, 1.165) is 18.4 Å². The van der Waals surface area contributed by atoms with Crippen LogP contribution in [0, 0.1) is 13.8 Å². The minimum atomic E-state index is -0.965. The largest absolute Gasteiger partial charge is 0.478 e. The summed E-state index contributed by atoms with van der Waals surface area (Å²) in [5, 5.41) is 9.42. The molecule has 1 aromatic carbocycles. The number of carboxylic acids is 1. The third-order valence-corrected chi connectivity index (χ3v) is 5.68. The minimum absolute atomic E-state index is 0.0903. The molecule has 7 heteroatoms. The van der Waals surface area contributed by atoms with Gasteiger partial charge in [0.1, 0.15) is 5.56 Å². The van der Waals surface area contributed by atoms with Crippen LogP contribution in [0.1, 0.15) is 56.3 Å². The quantitative estimate of drug-likeness (QED) is 0.843. The van der Waals surface area contributed by atoms with Crippen molar-refractivity contribution in [2.45, 2.75) is 32.6 Å². The van der Waals surface area contributed by atoms with Crippen molar-refractivity contribution in [3.63, 3.8) is 0 Å². The summed E-state index contributed by atoms with van der Waals surface area (Å²) in [6.07, 6.45) is 1.72. The number of carbonyl (C=O) groups is 2. The van der Waals surface area contributed by atoms with Gasteiger partial charge in [-0.1, -0.05) is 23.7 Å². The average molecular weight is 389 g/mol. The molecule has 0 aliphatic carbocycles. The molecule has 3 rings (SSSR count). The molecule has 1 aliphatic rings. The zero-order valence-corrected chi connectivity index (χ0v) is 16.0. The summed E-state index contributed by atoms with van der Waals surface area (Å²) in [6, 6.07) is 6.74. The molecule has 0 saturated carbocycles. The van der Waals surface area contributed by atoms with Gasteiger partial charge in [0.25, 0.3) is 11.5 Å². The fourth-order valence-corrected chi connectivity index (χ4v) is 3.74. The van der Waals surface area contributed by atoms with Crippen LogP contribution < -0.4 is 5.56 Å². The highest BCUT2D eigenvalue weighted by Crippen LogP contribution is 2.29. The molecule has 27 heavy (non-hydrogen) atoms. The van der Waals surface area contributed by atoms with Gasteiger partial charge in [-0.25, -0.2) is 4.79 Å². The maximum absolute atomic E-state index is 13.0. The number of pyridine rings is 1. The lowest BCUT2D eigenvalue weighted by Crippen LogP contribution is -2.41. The molecule has 1 atom stereocenters. The van der Waals surface area contributed by atoms with Gasteiger partial charge in [-0.2, -0.15) is 0 Å². The van der Waals surface area contributed by atoms with Crippen LogP contribution in [0.2, 0.25) is 5.02 Å². The topological polar surface area (TPSA) is 90.5 Å². The molecule has 0 unspecified atom stereocenters. The third kappa shape index (κ3) is 3.76. The van der Waals surface area contributed by atoms with E-state index in [1.165, 1.54) is 0 Å². The van der Waals surface area contributed by atoms with Gasteiger partial charge in [0.15, 0.2) is 0 Å². The standard InChI is InChI=1S/C20H21ClN2O4/c1-11-16(18(24)22-12(2)17(11)21)19(25)23-9-3-4-15(10-23)13-5-7-14(8-6-13)20(26)27/h5-8,15H,3-4,9-10H2,1-2H3,(H,22,24)(H,26,27)/t15-/m1/s1. The van der Waals surface area contributed by atoms with Crippen LogP contribution in [0.5, 0.6) is 0 Å². The zero-order chi connectivity index (χ0) is 19.7. The first-order valence-corrected chi connectivity index (χ1v) is 9.19. The van der Waals surface area contributed by atoms with Crippen molar-refractivity contribution >= 4 is 23.5 Å². The zero-order valence-electron chi connectivity index (χ0n) is 15.2. The average Bonchev–Trinajstić information content (AvgIpc) is 2.66. The molecule has 1 saturated heterocycles. The van der Waals surface area contributed by atoms with E-state index in [0.29, 0.717) is 29.4 Å². The number of aryl methyl sites for hydroxylation is 1. The monoisotopic (exact) mass is 388 g/mol. The molecule has 2 N–H and O–H groups in total. The lowest BCUT2D eigenvalue weighted by atomic mass is 9.89. The predicted molar refractivity (Wildman–Crippen MR) is 103 cm³/mol. The van der Waals surface area contributed by atoms with E-state index in [4.69, 9.17) is 16.7 Å². The number of amides is 1. The van der Waals surface area contributed by atoms with Gasteiger partial charge in [-0.3, -0.25) is 9.59 Å². The molecule has 1 aromatic heterocycles. The number of rotatable bonds is 3. The summed E-state index contributed by atoms with van der Waals surface area (Å²) >= 11 is 6.21. The van der Waals surface area contributed by atoms with Crippen LogP contribution in [0.4, 0.5) is 0 Å². The maximum Gasteiger partial charge on any atom is 0.335 e. The molecule has 0 bridgehead atoms. The van der Waals surface area contributed by atoms with E-state index in [2.05, 4.69) is 4.98 Å². The first kappa shape index (κ1) is 19.2. The van der Waals surface area contributed by atoms with Crippen molar-refractivity contribution in [2.75, 3.05) is 13.1 Å². The first-order valence-electron chi connectivity index (χ1n) is 8.81. The van der Waals surface area contributed by atoms with E-state index in [-0.39, 0.29) is 23.0 Å². The number of aromatic nitrogens is 1. The maximum atomic E-state index is 13.0. The van der Waals surface area contributed by atoms with Crippen LogP contribution in [0.3, 0.4) is 0 Å². The lowest BCUT2D eigenvalue weighted by molar-refractivity contribution is 0.0693. The number of hydrogen-bond acceptors (Lipinski definition) is 3. The van der Waals surface area contributed by atoms with Crippen molar-refractivity contribution < 1.29 is 14.7 Å². The van der Waals surface area contributed by atoms with Crippen molar-refractivity contribution in [1.29, 1.82) is 0 Å². The Morgan fingerprint density at radius 1 is 1.22 bits per heavy atom. The van der Waals surface area contributed by atoms with E-state index < -0.39 is 11.5 Å². The summed E-state index contributed by atoms with van der Waals surface area (Å²) in [6.45, 7) is 4.44. The Hall–Kier alpha value is -2.60. The van der Waals surface area contributed by atoms with Crippen molar-refractivity contribution in [1.82, 2.24) is 9.88 Å². The highest BCUT2D eigenvalue weighted by Gasteiger charge is 2.28. The number of aromatic carboxylic acids is 1. The number of halogens is 1. The second-order valence-corrected chi connectivity index (χ2v) is 7.29. The lowest BCUT2D eigenvalue weighted by Gasteiger charge is -2.33. The van der Waals surface area contributed by atoms with E-state index in [1.54, 1.807) is 43.0 Å². The van der Waals surface area contributed by atoms with Crippen molar-refractivity contribution in [3.05, 3.63) is 67.6 Å². The predicted octanol–water partition coefficient (Wildman–Crippen LogP) is 3.36. The normalized spacial score (nSPS) is 17.0. The summed E-state index contributed by atoms with van der Waals surface area (Å²) in [5.41, 5.74) is 1.94. The molecule has 2 heterocycles. The van der Waals surface area contributed by atoms with Gasteiger partial charge in [0.05, 0.1) is 10.6 Å². The summed E-state index contributed by atoms with van der Waals surface area (Å²) < 4.78 is 0. The highest BCUT2D eigenvalue weighted by atomic mass is 35.5. The number of nitrogens with zero attached hydrogens (tertiary/aromatic N) is 1. The van der Waals surface area contributed by atoms with Gasteiger partial charge in [-0.15, -0.1) is 0 Å². The molecule has 1 aliphatic heterocycles. The third-order valence-electron chi connectivity index (χ3n) is 5.11. The van der Waals surface area contributed by atoms with Gasteiger partial charge in [0, 0.05) is 24.7 Å². The fourth-order valence-electron chi connectivity index (χ4n) is 3.60. The highest BCUT2D eigenvalue weighted by molar-refractivity contribution is 6.32. The summed E-state index contributed by atoms with van der Waals surface area (Å²) in [7, 11) is 0. The van der Waals surface area contributed by atoms with Gasteiger partial charge in [-0.05, 0) is 49.9 Å². The number of carbonyl (C=O) groups excluding carboxylic acids is 1. The van der Waals surface area contributed by atoms with E-state index in [9.17, 15) is 14.4 Å². The summed E-state index contributed by atoms with van der Waals surface area (Å²) in [5.74, 6) is -1.18. The SMILES string of the molecule is Cc1[nH]c(=O)c(C(=O)N2CCC[C@@H](c3ccc(C(=O)O)cc3)C2)c(C)c1Cl. The second-order valence-electron chi connectivity index (χ2n) is 6.91. The minimum Gasteiger partial charge on any atom is -0.478 e. The Labute approximate surface area is 161 Å². The van der Waals surface area contributed by atoms with Crippen LogP contribution in [-0.4, -0.2) is 40.0 Å². The molecular formula is C20H21ClN2O4. The number of aromatic amines is 1. The number of H-pyrrole nitrogens is 1. The second kappa shape index (κ2) is 7.56.